The Bertz CT molecular complexity index is 443. The Morgan fingerprint density at radius 3 is 2.59 bits per heavy atom. The average Bonchev–Trinajstić information content (AvgIpc) is 2.28. The quantitative estimate of drug-likeness (QED) is 0.602. The van der Waals surface area contributed by atoms with Crippen LogP contribution in [0.4, 0.5) is 5.69 Å². The minimum atomic E-state index is -0.900. The zero-order valence-corrected chi connectivity index (χ0v) is 9.90. The Labute approximate surface area is 99.7 Å². The Balaban J connectivity index is 2.90. The van der Waals surface area contributed by atoms with Crippen LogP contribution in [0, 0.1) is 6.92 Å². The summed E-state index contributed by atoms with van der Waals surface area (Å²) in [6, 6.07) is 4.95. The topological polar surface area (TPSA) is 95.4 Å². The number of benzene rings is 1. The van der Waals surface area contributed by atoms with Gasteiger partial charge in [0.15, 0.2) is 6.10 Å². The molecule has 1 rings (SSSR count). The molecule has 1 aromatic carbocycles. The number of rotatable bonds is 4. The summed E-state index contributed by atoms with van der Waals surface area (Å²) < 4.78 is 5.01. The summed E-state index contributed by atoms with van der Waals surface area (Å²) >= 11 is 0. The molecule has 1 unspecified atom stereocenters. The van der Waals surface area contributed by atoms with Gasteiger partial charge in [0, 0.05) is 5.69 Å². The molecule has 5 nitrogen and oxygen atoms in total. The molecule has 92 valence electrons. The molecule has 1 amide bonds. The number of nitrogens with two attached hydrogens (primary N) is 2. The van der Waals surface area contributed by atoms with Gasteiger partial charge in [-0.1, -0.05) is 13.0 Å². The summed E-state index contributed by atoms with van der Waals surface area (Å²) in [5.41, 5.74) is 12.3. The fourth-order valence-electron chi connectivity index (χ4n) is 1.41. The van der Waals surface area contributed by atoms with Crippen LogP contribution in [0.1, 0.15) is 29.3 Å². The fourth-order valence-corrected chi connectivity index (χ4v) is 1.41. The maximum absolute atomic E-state index is 11.8. The molecule has 0 bridgehead atoms. The summed E-state index contributed by atoms with van der Waals surface area (Å²) in [6.45, 7) is 3.44. The van der Waals surface area contributed by atoms with E-state index in [2.05, 4.69) is 0 Å². The predicted molar refractivity (Wildman–Crippen MR) is 64.3 cm³/mol. The Morgan fingerprint density at radius 1 is 1.41 bits per heavy atom. The zero-order chi connectivity index (χ0) is 13.0. The van der Waals surface area contributed by atoms with Crippen LogP contribution in [0.2, 0.25) is 0 Å². The molecule has 0 heterocycles. The van der Waals surface area contributed by atoms with Crippen molar-refractivity contribution in [2.45, 2.75) is 26.4 Å². The lowest BCUT2D eigenvalue weighted by Crippen LogP contribution is -2.32. The SMILES string of the molecule is CCC(OC(=O)c1cccc(N)c1C)C(N)=O. The van der Waals surface area contributed by atoms with Gasteiger partial charge >= 0.3 is 5.97 Å². The molecule has 0 spiro atoms. The molecule has 0 aromatic heterocycles. The van der Waals surface area contributed by atoms with Crippen molar-refractivity contribution >= 4 is 17.6 Å². The Kier molecular flexibility index (Phi) is 4.09. The van der Waals surface area contributed by atoms with Crippen LogP contribution in [0.5, 0.6) is 0 Å². The largest absolute Gasteiger partial charge is 0.449 e. The number of esters is 1. The van der Waals surface area contributed by atoms with Crippen molar-refractivity contribution < 1.29 is 14.3 Å². The van der Waals surface area contributed by atoms with Crippen LogP contribution in [-0.4, -0.2) is 18.0 Å². The molecular formula is C12H16N2O3. The standard InChI is InChI=1S/C12H16N2O3/c1-3-10(11(14)15)17-12(16)8-5-4-6-9(13)7(8)2/h4-6,10H,3,13H2,1-2H3,(H2,14,15). The van der Waals surface area contributed by atoms with Gasteiger partial charge in [-0.3, -0.25) is 4.79 Å². The van der Waals surface area contributed by atoms with Crippen molar-refractivity contribution in [2.75, 3.05) is 5.73 Å². The first kappa shape index (κ1) is 13.0. The van der Waals surface area contributed by atoms with E-state index < -0.39 is 18.0 Å². The number of anilines is 1. The van der Waals surface area contributed by atoms with Crippen molar-refractivity contribution in [3.63, 3.8) is 0 Å². The molecule has 0 aliphatic rings. The van der Waals surface area contributed by atoms with Gasteiger partial charge in [0.1, 0.15) is 0 Å². The van der Waals surface area contributed by atoms with Crippen molar-refractivity contribution in [2.24, 2.45) is 5.73 Å². The molecule has 0 saturated heterocycles. The van der Waals surface area contributed by atoms with Gasteiger partial charge in [0.25, 0.3) is 5.91 Å². The first-order valence-corrected chi connectivity index (χ1v) is 5.32. The average molecular weight is 236 g/mol. The van der Waals surface area contributed by atoms with Crippen LogP contribution in [0.15, 0.2) is 18.2 Å². The molecule has 0 fully saturated rings. The second-order valence-electron chi connectivity index (χ2n) is 3.72. The number of nitrogen functional groups attached to an aromatic ring is 1. The van der Waals surface area contributed by atoms with Crippen LogP contribution < -0.4 is 11.5 Å². The van der Waals surface area contributed by atoms with E-state index in [0.29, 0.717) is 23.2 Å². The summed E-state index contributed by atoms with van der Waals surface area (Å²) in [4.78, 5) is 22.8. The van der Waals surface area contributed by atoms with E-state index in [1.807, 2.05) is 0 Å². The van der Waals surface area contributed by atoms with Gasteiger partial charge in [-0.25, -0.2) is 4.79 Å². The summed E-state index contributed by atoms with van der Waals surface area (Å²) in [6.07, 6.45) is -0.550. The number of carbonyl (C=O) groups is 2. The van der Waals surface area contributed by atoms with Gasteiger partial charge in [-0.05, 0) is 31.0 Å². The maximum Gasteiger partial charge on any atom is 0.339 e. The van der Waals surface area contributed by atoms with Crippen LogP contribution in [0.3, 0.4) is 0 Å². The van der Waals surface area contributed by atoms with E-state index in [1.165, 1.54) is 0 Å². The number of carbonyl (C=O) groups excluding carboxylic acids is 2. The fraction of sp³-hybridized carbons (Fsp3) is 0.333. The summed E-state index contributed by atoms with van der Waals surface area (Å²) in [5, 5.41) is 0. The number of hydrogen-bond donors (Lipinski definition) is 2. The second-order valence-corrected chi connectivity index (χ2v) is 3.72. The highest BCUT2D eigenvalue weighted by atomic mass is 16.5. The molecule has 0 radical (unpaired) electrons. The maximum atomic E-state index is 11.8. The molecule has 0 aliphatic carbocycles. The number of ether oxygens (including phenoxy) is 1. The summed E-state index contributed by atoms with van der Waals surface area (Å²) in [7, 11) is 0. The van der Waals surface area contributed by atoms with Crippen molar-refractivity contribution in [3.05, 3.63) is 29.3 Å². The highest BCUT2D eigenvalue weighted by Gasteiger charge is 2.20. The first-order valence-electron chi connectivity index (χ1n) is 5.32. The van der Waals surface area contributed by atoms with Gasteiger partial charge < -0.3 is 16.2 Å². The predicted octanol–water partition coefficient (Wildman–Crippen LogP) is 0.998. The lowest BCUT2D eigenvalue weighted by atomic mass is 10.1. The molecule has 1 aromatic rings. The van der Waals surface area contributed by atoms with Gasteiger partial charge in [0.2, 0.25) is 0 Å². The molecule has 0 saturated carbocycles. The smallest absolute Gasteiger partial charge is 0.339 e. The third-order valence-electron chi connectivity index (χ3n) is 2.53. The van der Waals surface area contributed by atoms with Gasteiger partial charge in [0.05, 0.1) is 5.56 Å². The number of hydrogen-bond acceptors (Lipinski definition) is 4. The van der Waals surface area contributed by atoms with Crippen LogP contribution in [0.25, 0.3) is 0 Å². The van der Waals surface area contributed by atoms with Crippen LogP contribution in [-0.2, 0) is 9.53 Å². The van der Waals surface area contributed by atoms with E-state index in [0.717, 1.165) is 0 Å². The molecule has 4 N–H and O–H groups in total. The van der Waals surface area contributed by atoms with E-state index in [-0.39, 0.29) is 0 Å². The third-order valence-corrected chi connectivity index (χ3v) is 2.53. The molecule has 17 heavy (non-hydrogen) atoms. The van der Waals surface area contributed by atoms with Gasteiger partial charge in [-0.15, -0.1) is 0 Å². The molecule has 5 heteroatoms. The van der Waals surface area contributed by atoms with Crippen LogP contribution >= 0.6 is 0 Å². The second kappa shape index (κ2) is 5.34. The molecule has 0 aliphatic heterocycles. The summed E-state index contributed by atoms with van der Waals surface area (Å²) in [5.74, 6) is -1.23. The van der Waals surface area contributed by atoms with Gasteiger partial charge in [-0.2, -0.15) is 0 Å². The highest BCUT2D eigenvalue weighted by molar-refractivity contribution is 5.94. The third kappa shape index (κ3) is 2.96. The normalized spacial score (nSPS) is 11.9. The van der Waals surface area contributed by atoms with Crippen molar-refractivity contribution in [3.8, 4) is 0 Å². The van der Waals surface area contributed by atoms with E-state index >= 15 is 0 Å². The minimum Gasteiger partial charge on any atom is -0.449 e. The lowest BCUT2D eigenvalue weighted by molar-refractivity contribution is -0.126. The number of amides is 1. The van der Waals surface area contributed by atoms with E-state index in [4.69, 9.17) is 16.2 Å². The number of primary amides is 1. The molecule has 1 atom stereocenters. The lowest BCUT2D eigenvalue weighted by Gasteiger charge is -2.14. The monoisotopic (exact) mass is 236 g/mol. The molecular weight excluding hydrogens is 220 g/mol. The minimum absolute atomic E-state index is 0.350. The highest BCUT2D eigenvalue weighted by Crippen LogP contribution is 2.17. The van der Waals surface area contributed by atoms with Crippen molar-refractivity contribution in [1.29, 1.82) is 0 Å². The first-order chi connectivity index (χ1) is 7.97. The Hall–Kier alpha value is -2.04. The van der Waals surface area contributed by atoms with E-state index in [1.54, 1.807) is 32.0 Å². The van der Waals surface area contributed by atoms with Crippen molar-refractivity contribution in [1.82, 2.24) is 0 Å². The Morgan fingerprint density at radius 2 is 2.06 bits per heavy atom. The van der Waals surface area contributed by atoms with E-state index in [9.17, 15) is 9.59 Å². The zero-order valence-electron chi connectivity index (χ0n) is 9.90.